The highest BCUT2D eigenvalue weighted by Crippen LogP contribution is 2.20. The van der Waals surface area contributed by atoms with Gasteiger partial charge in [-0.15, -0.1) is 0 Å². The number of hydrogen-bond acceptors (Lipinski definition) is 3. The minimum Gasteiger partial charge on any atom is -0.340 e. The van der Waals surface area contributed by atoms with Crippen molar-refractivity contribution in [3.05, 3.63) is 83.0 Å². The van der Waals surface area contributed by atoms with Gasteiger partial charge in [0.2, 0.25) is 0 Å². The van der Waals surface area contributed by atoms with E-state index in [1.165, 1.54) is 18.3 Å². The van der Waals surface area contributed by atoms with E-state index in [0.717, 1.165) is 17.8 Å². The molecule has 7 heteroatoms. The molecule has 0 spiro atoms. The number of amides is 1. The normalized spacial score (nSPS) is 10.4. The summed E-state index contributed by atoms with van der Waals surface area (Å²) in [5.74, 6) is -1.84. The first kappa shape index (κ1) is 16.9. The van der Waals surface area contributed by atoms with Crippen molar-refractivity contribution >= 4 is 34.7 Å². The lowest BCUT2D eigenvalue weighted by Gasteiger charge is -2.09. The topological polar surface area (TPSA) is 54.0 Å². The molecule has 1 amide bonds. The lowest BCUT2D eigenvalue weighted by atomic mass is 10.2. The molecule has 0 aliphatic heterocycles. The van der Waals surface area contributed by atoms with Crippen molar-refractivity contribution in [2.75, 3.05) is 10.6 Å². The second kappa shape index (κ2) is 7.27. The minimum absolute atomic E-state index is 0.171. The Morgan fingerprint density at radius 2 is 1.64 bits per heavy atom. The minimum atomic E-state index is -0.845. The third-order valence-electron chi connectivity index (χ3n) is 3.34. The maximum absolute atomic E-state index is 13.6. The number of rotatable bonds is 4. The number of carbonyl (C=O) groups excluding carboxylic acids is 1. The Bertz CT molecular complexity index is 879. The van der Waals surface area contributed by atoms with Crippen LogP contribution in [-0.2, 0) is 0 Å². The summed E-state index contributed by atoms with van der Waals surface area (Å²) >= 11 is 5.82. The lowest BCUT2D eigenvalue weighted by Crippen LogP contribution is -2.14. The van der Waals surface area contributed by atoms with Crippen LogP contribution in [0.5, 0.6) is 0 Å². The molecular weight excluding hydrogens is 348 g/mol. The van der Waals surface area contributed by atoms with Gasteiger partial charge in [0, 0.05) is 16.9 Å². The van der Waals surface area contributed by atoms with E-state index in [1.54, 1.807) is 30.3 Å². The summed E-state index contributed by atoms with van der Waals surface area (Å²) < 4.78 is 27.1. The number of benzene rings is 2. The molecule has 3 aromatic rings. The fraction of sp³-hybridized carbons (Fsp3) is 0. The van der Waals surface area contributed by atoms with E-state index in [4.69, 9.17) is 11.6 Å². The van der Waals surface area contributed by atoms with Crippen molar-refractivity contribution in [2.45, 2.75) is 0 Å². The zero-order valence-corrected chi connectivity index (χ0v) is 13.5. The van der Waals surface area contributed by atoms with Gasteiger partial charge in [-0.05, 0) is 48.5 Å². The average molecular weight is 360 g/mol. The van der Waals surface area contributed by atoms with Gasteiger partial charge < -0.3 is 10.6 Å². The van der Waals surface area contributed by atoms with Crippen LogP contribution in [0.3, 0.4) is 0 Å². The summed E-state index contributed by atoms with van der Waals surface area (Å²) in [6.07, 6.45) is 1.31. The number of carbonyl (C=O) groups is 1. The Hall–Kier alpha value is -2.99. The molecule has 2 aromatic carbocycles. The monoisotopic (exact) mass is 359 g/mol. The van der Waals surface area contributed by atoms with Gasteiger partial charge in [-0.1, -0.05) is 17.7 Å². The van der Waals surface area contributed by atoms with Gasteiger partial charge in [0.05, 0.1) is 5.56 Å². The Morgan fingerprint density at radius 3 is 2.24 bits per heavy atom. The van der Waals surface area contributed by atoms with Gasteiger partial charge >= 0.3 is 0 Å². The van der Waals surface area contributed by atoms with Gasteiger partial charge in [-0.25, -0.2) is 13.8 Å². The fourth-order valence-electron chi connectivity index (χ4n) is 2.09. The number of aromatic nitrogens is 1. The quantitative estimate of drug-likeness (QED) is 0.688. The van der Waals surface area contributed by atoms with Crippen LogP contribution in [0.2, 0.25) is 5.02 Å². The zero-order chi connectivity index (χ0) is 17.8. The van der Waals surface area contributed by atoms with E-state index in [1.807, 2.05) is 0 Å². The SMILES string of the molecule is O=C(Nc1c(F)cccc1F)c1ccc(Nc2ccc(Cl)cc2)nc1. The molecule has 0 aliphatic rings. The molecule has 2 N–H and O–H groups in total. The highest BCUT2D eigenvalue weighted by Gasteiger charge is 2.13. The van der Waals surface area contributed by atoms with E-state index >= 15 is 0 Å². The van der Waals surface area contributed by atoms with Crippen molar-refractivity contribution in [1.82, 2.24) is 4.98 Å². The van der Waals surface area contributed by atoms with E-state index < -0.39 is 23.2 Å². The second-order valence-electron chi connectivity index (χ2n) is 5.11. The fourth-order valence-corrected chi connectivity index (χ4v) is 2.21. The highest BCUT2D eigenvalue weighted by molar-refractivity contribution is 6.30. The van der Waals surface area contributed by atoms with Crippen LogP contribution in [0.15, 0.2) is 60.8 Å². The van der Waals surface area contributed by atoms with Crippen molar-refractivity contribution in [3.8, 4) is 0 Å². The standard InChI is InChI=1S/C18H12ClF2N3O/c19-12-5-7-13(8-6-12)23-16-9-4-11(10-22-16)18(25)24-17-14(20)2-1-3-15(17)21/h1-10H,(H,22,23)(H,24,25). The van der Waals surface area contributed by atoms with E-state index in [9.17, 15) is 13.6 Å². The molecule has 0 atom stereocenters. The number of pyridine rings is 1. The third-order valence-corrected chi connectivity index (χ3v) is 3.60. The van der Waals surface area contributed by atoms with Crippen LogP contribution in [-0.4, -0.2) is 10.9 Å². The second-order valence-corrected chi connectivity index (χ2v) is 5.55. The van der Waals surface area contributed by atoms with Crippen LogP contribution in [0, 0.1) is 11.6 Å². The lowest BCUT2D eigenvalue weighted by molar-refractivity contribution is 0.102. The average Bonchev–Trinajstić information content (AvgIpc) is 2.61. The largest absolute Gasteiger partial charge is 0.340 e. The Kier molecular flexibility index (Phi) is 4.90. The van der Waals surface area contributed by atoms with Gasteiger partial charge in [0.25, 0.3) is 5.91 Å². The number of para-hydroxylation sites is 1. The van der Waals surface area contributed by atoms with Crippen LogP contribution in [0.25, 0.3) is 0 Å². The first-order valence-electron chi connectivity index (χ1n) is 7.27. The van der Waals surface area contributed by atoms with Crippen LogP contribution in [0.1, 0.15) is 10.4 Å². The molecule has 0 saturated carbocycles. The van der Waals surface area contributed by atoms with Crippen LogP contribution in [0.4, 0.5) is 26.0 Å². The first-order chi connectivity index (χ1) is 12.0. The zero-order valence-electron chi connectivity index (χ0n) is 12.8. The van der Waals surface area contributed by atoms with Gasteiger partial charge in [-0.2, -0.15) is 0 Å². The third kappa shape index (κ3) is 4.10. The smallest absolute Gasteiger partial charge is 0.257 e. The summed E-state index contributed by atoms with van der Waals surface area (Å²) in [6.45, 7) is 0. The van der Waals surface area contributed by atoms with Gasteiger partial charge in [-0.3, -0.25) is 4.79 Å². The number of anilines is 3. The summed E-state index contributed by atoms with van der Waals surface area (Å²) in [5, 5.41) is 5.87. The van der Waals surface area contributed by atoms with Gasteiger partial charge in [0.1, 0.15) is 23.1 Å². The summed E-state index contributed by atoms with van der Waals surface area (Å²) in [6, 6.07) is 13.5. The van der Waals surface area contributed by atoms with E-state index in [2.05, 4.69) is 15.6 Å². The highest BCUT2D eigenvalue weighted by atomic mass is 35.5. The Balaban J connectivity index is 1.71. The van der Waals surface area contributed by atoms with Crippen LogP contribution < -0.4 is 10.6 Å². The molecule has 0 unspecified atom stereocenters. The van der Waals surface area contributed by atoms with Crippen LogP contribution >= 0.6 is 11.6 Å². The molecule has 3 rings (SSSR count). The number of halogens is 3. The predicted molar refractivity (Wildman–Crippen MR) is 93.3 cm³/mol. The summed E-state index contributed by atoms with van der Waals surface area (Å²) in [7, 11) is 0. The molecule has 0 radical (unpaired) electrons. The van der Waals surface area contributed by atoms with Crippen molar-refractivity contribution in [1.29, 1.82) is 0 Å². The summed E-state index contributed by atoms with van der Waals surface area (Å²) in [5.41, 5.74) is 0.461. The maximum atomic E-state index is 13.6. The Labute approximate surface area is 147 Å². The van der Waals surface area contributed by atoms with E-state index in [0.29, 0.717) is 10.8 Å². The van der Waals surface area contributed by atoms with Crippen molar-refractivity contribution in [3.63, 3.8) is 0 Å². The number of hydrogen-bond donors (Lipinski definition) is 2. The Morgan fingerprint density at radius 1 is 0.960 bits per heavy atom. The number of nitrogens with one attached hydrogen (secondary N) is 2. The van der Waals surface area contributed by atoms with Crippen molar-refractivity contribution in [2.24, 2.45) is 0 Å². The van der Waals surface area contributed by atoms with Crippen molar-refractivity contribution < 1.29 is 13.6 Å². The molecule has 0 aliphatic carbocycles. The predicted octanol–water partition coefficient (Wildman–Crippen LogP) is 5.01. The molecule has 25 heavy (non-hydrogen) atoms. The molecule has 1 aromatic heterocycles. The maximum Gasteiger partial charge on any atom is 0.257 e. The molecule has 0 bridgehead atoms. The summed E-state index contributed by atoms with van der Waals surface area (Å²) in [4.78, 5) is 16.2. The van der Waals surface area contributed by atoms with E-state index in [-0.39, 0.29) is 5.56 Å². The first-order valence-corrected chi connectivity index (χ1v) is 7.65. The van der Waals surface area contributed by atoms with Gasteiger partial charge in [0.15, 0.2) is 0 Å². The molecule has 4 nitrogen and oxygen atoms in total. The molecule has 1 heterocycles. The molecule has 0 saturated heterocycles. The molecular formula is C18H12ClF2N3O. The molecule has 0 fully saturated rings. The molecule has 126 valence electrons. The number of nitrogens with zero attached hydrogens (tertiary/aromatic N) is 1.